The van der Waals surface area contributed by atoms with Crippen LogP contribution in [0.5, 0.6) is 0 Å². The summed E-state index contributed by atoms with van der Waals surface area (Å²) in [6.07, 6.45) is -3.24. The molecule has 0 unspecified atom stereocenters. The largest absolute Gasteiger partial charge is 0.465 e. The summed E-state index contributed by atoms with van der Waals surface area (Å²) in [5.41, 5.74) is -2.67. The van der Waals surface area contributed by atoms with Crippen LogP contribution in [0.25, 0.3) is 0 Å². The second-order valence-corrected chi connectivity index (χ2v) is 5.22. The lowest BCUT2D eigenvalue weighted by molar-refractivity contribution is -0.191. The number of hydrogen-bond acceptors (Lipinski definition) is 3. The maximum atomic E-state index is 12.8. The van der Waals surface area contributed by atoms with E-state index in [1.165, 1.54) is 0 Å². The molecule has 5 nitrogen and oxygen atoms in total. The molecule has 1 aliphatic carbocycles. The van der Waals surface area contributed by atoms with E-state index in [1.54, 1.807) is 20.8 Å². The van der Waals surface area contributed by atoms with Crippen molar-refractivity contribution < 1.29 is 28.2 Å². The van der Waals surface area contributed by atoms with E-state index < -0.39 is 42.0 Å². The highest BCUT2D eigenvalue weighted by molar-refractivity contribution is 5.87. The predicted octanol–water partition coefficient (Wildman–Crippen LogP) is 1.76. The van der Waals surface area contributed by atoms with Gasteiger partial charge >= 0.3 is 12.1 Å². The number of carbonyl (C=O) groups is 2. The fourth-order valence-electron chi connectivity index (χ4n) is 1.70. The number of esters is 1. The predicted molar refractivity (Wildman–Crippen MR) is 53.9 cm³/mol. The first kappa shape index (κ1) is 13.7. The van der Waals surface area contributed by atoms with Crippen LogP contribution < -0.4 is 5.32 Å². The van der Waals surface area contributed by atoms with Crippen LogP contribution in [-0.4, -0.2) is 34.2 Å². The summed E-state index contributed by atoms with van der Waals surface area (Å²) in [5, 5.41) is 10.4. The van der Waals surface area contributed by atoms with E-state index in [0.29, 0.717) is 0 Å². The van der Waals surface area contributed by atoms with Crippen molar-refractivity contribution in [3.8, 4) is 0 Å². The quantitative estimate of drug-likeness (QED) is 0.733. The van der Waals surface area contributed by atoms with Gasteiger partial charge in [0.05, 0.1) is 0 Å². The monoisotopic (exact) mass is 251 g/mol. The lowest BCUT2D eigenvalue weighted by Crippen LogP contribution is -2.67. The highest BCUT2D eigenvalue weighted by atomic mass is 19.3. The number of ether oxygens (including phenoxy) is 1. The van der Waals surface area contributed by atoms with Gasteiger partial charge in [0.1, 0.15) is 5.60 Å². The highest BCUT2D eigenvalue weighted by Gasteiger charge is 2.63. The van der Waals surface area contributed by atoms with Crippen molar-refractivity contribution in [1.82, 2.24) is 5.32 Å². The number of halogens is 2. The number of hydrogen-bond donors (Lipinski definition) is 2. The van der Waals surface area contributed by atoms with Gasteiger partial charge in [-0.3, -0.25) is 0 Å². The molecule has 0 aromatic carbocycles. The molecule has 1 amide bonds. The Morgan fingerprint density at radius 2 is 1.76 bits per heavy atom. The maximum absolute atomic E-state index is 12.8. The van der Waals surface area contributed by atoms with Crippen molar-refractivity contribution in [2.24, 2.45) is 0 Å². The van der Waals surface area contributed by atoms with Gasteiger partial charge in [-0.2, -0.15) is 0 Å². The minimum atomic E-state index is -3.03. The Kier molecular flexibility index (Phi) is 3.07. The van der Waals surface area contributed by atoms with Crippen LogP contribution in [0.4, 0.5) is 13.6 Å². The molecule has 0 radical (unpaired) electrons. The molecule has 17 heavy (non-hydrogen) atoms. The molecule has 0 saturated heterocycles. The average molecular weight is 251 g/mol. The van der Waals surface area contributed by atoms with Crippen LogP contribution >= 0.6 is 0 Å². The van der Waals surface area contributed by atoms with Gasteiger partial charge in [0.15, 0.2) is 5.54 Å². The number of carbonyl (C=O) groups excluding carboxylic acids is 1. The lowest BCUT2D eigenvalue weighted by atomic mass is 9.73. The summed E-state index contributed by atoms with van der Waals surface area (Å²) in [6, 6.07) is 0. The fourth-order valence-corrected chi connectivity index (χ4v) is 1.70. The molecule has 1 rings (SSSR count). The number of carboxylic acid groups (broad SMARTS) is 1. The molecule has 2 N–H and O–H groups in total. The summed E-state index contributed by atoms with van der Waals surface area (Å²) in [5.74, 6) is -3.99. The van der Waals surface area contributed by atoms with Gasteiger partial charge in [0.2, 0.25) is 0 Å². The van der Waals surface area contributed by atoms with E-state index >= 15 is 0 Å². The van der Waals surface area contributed by atoms with Crippen LogP contribution in [0.15, 0.2) is 0 Å². The highest BCUT2D eigenvalue weighted by Crippen LogP contribution is 2.46. The smallest absolute Gasteiger partial charge is 0.405 e. The van der Waals surface area contributed by atoms with Crippen LogP contribution in [0.3, 0.4) is 0 Å². The Bertz CT molecular complexity index is 341. The molecule has 0 aliphatic heterocycles. The number of nitrogens with one attached hydrogen (secondary N) is 1. The van der Waals surface area contributed by atoms with Crippen LogP contribution in [-0.2, 0) is 9.53 Å². The standard InChI is InChI=1S/C10H15F2NO4/c1-8(2,3)17-6(14)9(13-7(15)16)4-10(11,12)5-9/h13H,4-5H2,1-3H3,(H,15,16). The second-order valence-electron chi connectivity index (χ2n) is 5.22. The Morgan fingerprint density at radius 3 is 2.06 bits per heavy atom. The number of amides is 1. The Hall–Kier alpha value is -1.40. The third kappa shape index (κ3) is 3.28. The molecule has 0 atom stereocenters. The molecule has 1 fully saturated rings. The van der Waals surface area contributed by atoms with Gasteiger partial charge in [-0.25, -0.2) is 18.4 Å². The summed E-state index contributed by atoms with van der Waals surface area (Å²) in [6.45, 7) is 4.74. The molecule has 0 aromatic rings. The van der Waals surface area contributed by atoms with Gasteiger partial charge in [-0.15, -0.1) is 0 Å². The van der Waals surface area contributed by atoms with Crippen molar-refractivity contribution in [3.05, 3.63) is 0 Å². The minimum absolute atomic E-state index is 0.852. The van der Waals surface area contributed by atoms with Crippen molar-refractivity contribution in [1.29, 1.82) is 0 Å². The average Bonchev–Trinajstić information content (AvgIpc) is 1.94. The van der Waals surface area contributed by atoms with Crippen molar-refractivity contribution in [2.45, 2.75) is 50.7 Å². The van der Waals surface area contributed by atoms with Crippen molar-refractivity contribution in [3.63, 3.8) is 0 Å². The Labute approximate surface area is 97.1 Å². The van der Waals surface area contributed by atoms with Crippen LogP contribution in [0.2, 0.25) is 0 Å². The topological polar surface area (TPSA) is 75.6 Å². The van der Waals surface area contributed by atoms with Gasteiger partial charge in [-0.05, 0) is 20.8 Å². The van der Waals surface area contributed by atoms with E-state index in [2.05, 4.69) is 0 Å². The summed E-state index contributed by atoms with van der Waals surface area (Å²) < 4.78 is 30.6. The van der Waals surface area contributed by atoms with Gasteiger partial charge < -0.3 is 15.2 Å². The number of rotatable bonds is 2. The van der Waals surface area contributed by atoms with E-state index in [0.717, 1.165) is 0 Å². The van der Waals surface area contributed by atoms with Crippen LogP contribution in [0.1, 0.15) is 33.6 Å². The minimum Gasteiger partial charge on any atom is -0.465 e. The molecule has 98 valence electrons. The molecule has 1 saturated carbocycles. The lowest BCUT2D eigenvalue weighted by Gasteiger charge is -2.45. The first-order chi connectivity index (χ1) is 7.46. The summed E-state index contributed by atoms with van der Waals surface area (Å²) in [4.78, 5) is 22.2. The molecule has 0 bridgehead atoms. The van der Waals surface area contributed by atoms with E-state index in [9.17, 15) is 18.4 Å². The SMILES string of the molecule is CC(C)(C)OC(=O)C1(NC(=O)O)CC(F)(F)C1. The zero-order valence-electron chi connectivity index (χ0n) is 9.84. The van der Waals surface area contributed by atoms with Gasteiger partial charge in [0, 0.05) is 12.8 Å². The van der Waals surface area contributed by atoms with Crippen LogP contribution in [0, 0.1) is 0 Å². The maximum Gasteiger partial charge on any atom is 0.405 e. The molecule has 0 spiro atoms. The summed E-state index contributed by atoms with van der Waals surface area (Å²) >= 11 is 0. The molecular formula is C10H15F2NO4. The summed E-state index contributed by atoms with van der Waals surface area (Å²) in [7, 11) is 0. The van der Waals surface area contributed by atoms with Gasteiger partial charge in [-0.1, -0.05) is 0 Å². The number of alkyl halides is 2. The molecule has 7 heteroatoms. The molecule has 1 aliphatic rings. The molecule has 0 aromatic heterocycles. The van der Waals surface area contributed by atoms with Crippen molar-refractivity contribution >= 4 is 12.1 Å². The first-order valence-corrected chi connectivity index (χ1v) is 5.08. The zero-order chi connectivity index (χ0) is 13.5. The Morgan fingerprint density at radius 1 is 1.29 bits per heavy atom. The van der Waals surface area contributed by atoms with E-state index in [4.69, 9.17) is 9.84 Å². The van der Waals surface area contributed by atoms with E-state index in [1.807, 2.05) is 5.32 Å². The van der Waals surface area contributed by atoms with E-state index in [-0.39, 0.29) is 0 Å². The normalized spacial score (nSPS) is 21.2. The molecular weight excluding hydrogens is 236 g/mol. The van der Waals surface area contributed by atoms with Crippen molar-refractivity contribution in [2.75, 3.05) is 0 Å². The fraction of sp³-hybridized carbons (Fsp3) is 0.800. The van der Waals surface area contributed by atoms with Gasteiger partial charge in [0.25, 0.3) is 5.92 Å². The molecule has 0 heterocycles. The third-order valence-electron chi connectivity index (χ3n) is 2.26. The first-order valence-electron chi connectivity index (χ1n) is 5.08. The zero-order valence-corrected chi connectivity index (χ0v) is 9.84. The second kappa shape index (κ2) is 3.82. The Balaban J connectivity index is 2.79. The third-order valence-corrected chi connectivity index (χ3v) is 2.26.